The van der Waals surface area contributed by atoms with Crippen molar-refractivity contribution >= 4 is 11.6 Å². The van der Waals surface area contributed by atoms with Gasteiger partial charge in [0, 0.05) is 18.6 Å². The van der Waals surface area contributed by atoms with Crippen LogP contribution in [0.4, 0.5) is 0 Å². The Balaban J connectivity index is 2.69. The van der Waals surface area contributed by atoms with Crippen LogP contribution in [0.15, 0.2) is 6.07 Å². The summed E-state index contributed by atoms with van der Waals surface area (Å²) in [6.07, 6.45) is 3.19. The van der Waals surface area contributed by atoms with E-state index in [1.165, 1.54) is 11.4 Å². The van der Waals surface area contributed by atoms with Crippen LogP contribution in [0.5, 0.6) is 0 Å². The van der Waals surface area contributed by atoms with Gasteiger partial charge in [-0.25, -0.2) is 0 Å². The molecule has 0 spiro atoms. The number of halogens is 1. The Hall–Kier alpha value is -0.500. The summed E-state index contributed by atoms with van der Waals surface area (Å²) in [6, 6.07) is 2.19. The van der Waals surface area contributed by atoms with E-state index in [1.54, 1.807) is 0 Å². The first-order valence-electron chi connectivity index (χ1n) is 5.29. The van der Waals surface area contributed by atoms with Gasteiger partial charge in [0.05, 0.1) is 5.69 Å². The first kappa shape index (κ1) is 11.6. The number of aromatic nitrogens is 2. The molecule has 0 saturated heterocycles. The summed E-state index contributed by atoms with van der Waals surface area (Å²) in [5.41, 5.74) is 2.47. The maximum Gasteiger partial charge on any atom is 0.0624 e. The molecule has 0 aliphatic heterocycles. The van der Waals surface area contributed by atoms with Gasteiger partial charge in [0.25, 0.3) is 0 Å². The highest BCUT2D eigenvalue weighted by Gasteiger charge is 2.10. The van der Waals surface area contributed by atoms with Crippen LogP contribution < -0.4 is 0 Å². The molecule has 1 aromatic heterocycles. The van der Waals surface area contributed by atoms with Crippen LogP contribution in [-0.4, -0.2) is 15.7 Å². The lowest BCUT2D eigenvalue weighted by Crippen LogP contribution is -2.08. The van der Waals surface area contributed by atoms with E-state index in [9.17, 15) is 0 Å². The van der Waals surface area contributed by atoms with E-state index in [0.717, 1.165) is 25.1 Å². The summed E-state index contributed by atoms with van der Waals surface area (Å²) in [5.74, 6) is 1.32. The van der Waals surface area contributed by atoms with E-state index in [2.05, 4.69) is 25.0 Å². The van der Waals surface area contributed by atoms with Gasteiger partial charge in [-0.15, -0.1) is 11.6 Å². The molecule has 0 bridgehead atoms. The van der Waals surface area contributed by atoms with Gasteiger partial charge in [0.1, 0.15) is 0 Å². The molecule has 2 nitrogen and oxygen atoms in total. The van der Waals surface area contributed by atoms with Gasteiger partial charge in [-0.2, -0.15) is 5.10 Å². The van der Waals surface area contributed by atoms with Gasteiger partial charge in [-0.05, 0) is 24.8 Å². The highest BCUT2D eigenvalue weighted by Crippen LogP contribution is 2.14. The zero-order chi connectivity index (χ0) is 10.6. The summed E-state index contributed by atoms with van der Waals surface area (Å²) in [5, 5.41) is 4.42. The van der Waals surface area contributed by atoms with Crippen molar-refractivity contribution in [2.45, 2.75) is 33.1 Å². The quantitative estimate of drug-likeness (QED) is 0.690. The smallest absolute Gasteiger partial charge is 0.0624 e. The number of hydrogen-bond donors (Lipinski definition) is 0. The molecule has 0 amide bonds. The number of alkyl halides is 1. The molecule has 80 valence electrons. The van der Waals surface area contributed by atoms with Gasteiger partial charge >= 0.3 is 0 Å². The summed E-state index contributed by atoms with van der Waals surface area (Å²) < 4.78 is 1.98. The third-order valence-corrected chi connectivity index (χ3v) is 3.12. The average molecular weight is 215 g/mol. The molecule has 1 atom stereocenters. The summed E-state index contributed by atoms with van der Waals surface area (Å²) in [7, 11) is 2.01. The predicted octanol–water partition coefficient (Wildman–Crippen LogP) is 2.79. The minimum Gasteiger partial charge on any atom is -0.272 e. The van der Waals surface area contributed by atoms with E-state index in [1.807, 2.05) is 11.7 Å². The fourth-order valence-corrected chi connectivity index (χ4v) is 1.87. The lowest BCUT2D eigenvalue weighted by Gasteiger charge is -2.10. The van der Waals surface area contributed by atoms with Crippen LogP contribution in [0.1, 0.15) is 31.7 Å². The first-order chi connectivity index (χ1) is 6.71. The van der Waals surface area contributed by atoms with Crippen LogP contribution in [0.2, 0.25) is 0 Å². The van der Waals surface area contributed by atoms with Crippen molar-refractivity contribution in [1.29, 1.82) is 0 Å². The number of hydrogen-bond acceptors (Lipinski definition) is 1. The Morgan fingerprint density at radius 2 is 2.21 bits per heavy atom. The molecule has 1 unspecified atom stereocenters. The van der Waals surface area contributed by atoms with E-state index in [4.69, 9.17) is 11.6 Å². The average Bonchev–Trinajstić information content (AvgIpc) is 2.56. The second kappa shape index (κ2) is 5.40. The lowest BCUT2D eigenvalue weighted by molar-refractivity contribution is 0.538. The second-order valence-corrected chi connectivity index (χ2v) is 4.05. The van der Waals surface area contributed by atoms with E-state index in [-0.39, 0.29) is 0 Å². The van der Waals surface area contributed by atoms with Crippen LogP contribution in [-0.2, 0) is 19.9 Å². The molecule has 3 heteroatoms. The highest BCUT2D eigenvalue weighted by molar-refractivity contribution is 6.18. The molecule has 1 heterocycles. The highest BCUT2D eigenvalue weighted by atomic mass is 35.5. The molecule has 0 aromatic carbocycles. The number of nitrogens with zero attached hydrogens (tertiary/aromatic N) is 2. The fourth-order valence-electron chi connectivity index (χ4n) is 1.54. The summed E-state index contributed by atoms with van der Waals surface area (Å²) in [6.45, 7) is 4.31. The fraction of sp³-hybridized carbons (Fsp3) is 0.727. The first-order valence-corrected chi connectivity index (χ1v) is 5.82. The SMILES string of the molecule is CCc1cc(CC(CC)CCl)n(C)n1. The second-order valence-electron chi connectivity index (χ2n) is 3.74. The van der Waals surface area contributed by atoms with Crippen molar-refractivity contribution < 1.29 is 0 Å². The number of rotatable bonds is 5. The maximum absolute atomic E-state index is 5.88. The Morgan fingerprint density at radius 3 is 2.64 bits per heavy atom. The molecule has 0 aliphatic rings. The largest absolute Gasteiger partial charge is 0.272 e. The van der Waals surface area contributed by atoms with Crippen LogP contribution in [0.25, 0.3) is 0 Å². The van der Waals surface area contributed by atoms with Crippen molar-refractivity contribution in [1.82, 2.24) is 9.78 Å². The zero-order valence-corrected chi connectivity index (χ0v) is 10.0. The van der Waals surface area contributed by atoms with Crippen molar-refractivity contribution in [2.24, 2.45) is 13.0 Å². The minimum absolute atomic E-state index is 0.580. The monoisotopic (exact) mass is 214 g/mol. The minimum atomic E-state index is 0.580. The topological polar surface area (TPSA) is 17.8 Å². The van der Waals surface area contributed by atoms with E-state index in [0.29, 0.717) is 5.92 Å². The Kier molecular flexibility index (Phi) is 4.46. The van der Waals surface area contributed by atoms with Gasteiger partial charge in [0.2, 0.25) is 0 Å². The van der Waals surface area contributed by atoms with Crippen LogP contribution in [0, 0.1) is 5.92 Å². The lowest BCUT2D eigenvalue weighted by atomic mass is 10.0. The number of aryl methyl sites for hydroxylation is 2. The molecule has 0 radical (unpaired) electrons. The summed E-state index contributed by atoms with van der Waals surface area (Å²) >= 11 is 5.88. The molecule has 0 N–H and O–H groups in total. The third kappa shape index (κ3) is 2.74. The molecular formula is C11H19ClN2. The standard InChI is InChI=1S/C11H19ClN2/c1-4-9(8-12)6-11-7-10(5-2)13-14(11)3/h7,9H,4-6,8H2,1-3H3. The van der Waals surface area contributed by atoms with E-state index >= 15 is 0 Å². The van der Waals surface area contributed by atoms with Crippen molar-refractivity contribution in [3.63, 3.8) is 0 Å². The molecule has 14 heavy (non-hydrogen) atoms. The molecule has 0 fully saturated rings. The van der Waals surface area contributed by atoms with Gasteiger partial charge in [0.15, 0.2) is 0 Å². The normalized spacial score (nSPS) is 13.1. The van der Waals surface area contributed by atoms with Crippen molar-refractivity contribution in [3.8, 4) is 0 Å². The van der Waals surface area contributed by atoms with Gasteiger partial charge < -0.3 is 0 Å². The van der Waals surface area contributed by atoms with E-state index < -0.39 is 0 Å². The molecule has 1 rings (SSSR count). The van der Waals surface area contributed by atoms with Gasteiger partial charge in [-0.3, -0.25) is 4.68 Å². The molecule has 0 aliphatic carbocycles. The summed E-state index contributed by atoms with van der Waals surface area (Å²) in [4.78, 5) is 0. The van der Waals surface area contributed by atoms with Gasteiger partial charge in [-0.1, -0.05) is 20.3 Å². The van der Waals surface area contributed by atoms with Crippen molar-refractivity contribution in [2.75, 3.05) is 5.88 Å². The zero-order valence-electron chi connectivity index (χ0n) is 9.26. The Labute approximate surface area is 91.3 Å². The maximum atomic E-state index is 5.88. The predicted molar refractivity (Wildman–Crippen MR) is 60.8 cm³/mol. The molecule has 0 saturated carbocycles. The Bertz CT molecular complexity index is 277. The van der Waals surface area contributed by atoms with Crippen LogP contribution in [0.3, 0.4) is 0 Å². The third-order valence-electron chi connectivity index (χ3n) is 2.68. The Morgan fingerprint density at radius 1 is 1.50 bits per heavy atom. The van der Waals surface area contributed by atoms with Crippen molar-refractivity contribution in [3.05, 3.63) is 17.5 Å². The molecule has 1 aromatic rings. The van der Waals surface area contributed by atoms with Crippen LogP contribution >= 0.6 is 11.6 Å². The molecular weight excluding hydrogens is 196 g/mol.